The van der Waals surface area contributed by atoms with Crippen molar-refractivity contribution < 1.29 is 9.53 Å². The lowest BCUT2D eigenvalue weighted by Gasteiger charge is -2.14. The molecule has 2 heteroatoms. The second-order valence-corrected chi connectivity index (χ2v) is 4.53. The maximum absolute atomic E-state index is 10.7. The monoisotopic (exact) mass is 220 g/mol. The average molecular weight is 220 g/mol. The molecule has 0 aliphatic rings. The van der Waals surface area contributed by atoms with E-state index in [1.807, 2.05) is 0 Å². The molecule has 0 fully saturated rings. The standard InChI is InChI=1S/C14H20O2/c1-10(2)13-6-5-7-14(8-13)11(3)9-16-12(4)15/h5-8,10-11H,9H2,1-4H3/t11-/m1/s1. The molecule has 0 aromatic heterocycles. The third-order valence-corrected chi connectivity index (χ3v) is 2.68. The van der Waals surface area contributed by atoms with Gasteiger partial charge in [-0.15, -0.1) is 0 Å². The van der Waals surface area contributed by atoms with Crippen molar-refractivity contribution >= 4 is 5.97 Å². The predicted molar refractivity (Wildman–Crippen MR) is 65.6 cm³/mol. The van der Waals surface area contributed by atoms with Gasteiger partial charge in [-0.05, 0) is 17.0 Å². The van der Waals surface area contributed by atoms with Crippen molar-refractivity contribution in [3.63, 3.8) is 0 Å². The van der Waals surface area contributed by atoms with Gasteiger partial charge in [0.05, 0.1) is 6.61 Å². The first-order valence-corrected chi connectivity index (χ1v) is 5.74. The minimum Gasteiger partial charge on any atom is -0.465 e. The zero-order chi connectivity index (χ0) is 12.1. The minimum absolute atomic E-state index is 0.216. The molecule has 0 unspecified atom stereocenters. The molecule has 0 radical (unpaired) electrons. The zero-order valence-corrected chi connectivity index (χ0v) is 10.5. The number of ether oxygens (including phenoxy) is 1. The van der Waals surface area contributed by atoms with Crippen molar-refractivity contribution in [3.05, 3.63) is 35.4 Å². The van der Waals surface area contributed by atoms with Gasteiger partial charge in [0.15, 0.2) is 0 Å². The molecule has 0 amide bonds. The Labute approximate surface area is 97.6 Å². The Kier molecular flexibility index (Phi) is 4.53. The number of carbonyl (C=O) groups is 1. The summed E-state index contributed by atoms with van der Waals surface area (Å²) in [5.74, 6) is 0.565. The van der Waals surface area contributed by atoms with Gasteiger partial charge in [0, 0.05) is 12.8 Å². The summed E-state index contributed by atoms with van der Waals surface area (Å²) in [6, 6.07) is 8.47. The van der Waals surface area contributed by atoms with Crippen LogP contribution in [0.1, 0.15) is 50.7 Å². The van der Waals surface area contributed by atoms with Gasteiger partial charge >= 0.3 is 5.97 Å². The Bertz CT molecular complexity index is 356. The molecule has 1 atom stereocenters. The maximum atomic E-state index is 10.7. The van der Waals surface area contributed by atoms with Crippen LogP contribution in [0.5, 0.6) is 0 Å². The highest BCUT2D eigenvalue weighted by atomic mass is 16.5. The molecule has 0 heterocycles. The number of hydrogen-bond acceptors (Lipinski definition) is 2. The summed E-state index contributed by atoms with van der Waals surface area (Å²) in [6.07, 6.45) is 0. The van der Waals surface area contributed by atoms with Gasteiger partial charge in [0.1, 0.15) is 0 Å². The summed E-state index contributed by atoms with van der Waals surface area (Å²) in [7, 11) is 0. The van der Waals surface area contributed by atoms with E-state index in [1.54, 1.807) is 0 Å². The lowest BCUT2D eigenvalue weighted by atomic mass is 9.95. The maximum Gasteiger partial charge on any atom is 0.302 e. The van der Waals surface area contributed by atoms with Gasteiger partial charge in [0.25, 0.3) is 0 Å². The number of carbonyl (C=O) groups excluding carboxylic acids is 1. The highest BCUT2D eigenvalue weighted by Gasteiger charge is 2.08. The van der Waals surface area contributed by atoms with E-state index < -0.39 is 0 Å². The Morgan fingerprint density at radius 1 is 1.25 bits per heavy atom. The van der Waals surface area contributed by atoms with Gasteiger partial charge in [-0.1, -0.05) is 45.0 Å². The molecule has 0 N–H and O–H groups in total. The van der Waals surface area contributed by atoms with Crippen LogP contribution in [0.4, 0.5) is 0 Å². The molecule has 1 aromatic rings. The largest absolute Gasteiger partial charge is 0.465 e. The van der Waals surface area contributed by atoms with Crippen LogP contribution in [0.15, 0.2) is 24.3 Å². The Morgan fingerprint density at radius 3 is 2.44 bits per heavy atom. The lowest BCUT2D eigenvalue weighted by molar-refractivity contribution is -0.141. The van der Waals surface area contributed by atoms with E-state index in [2.05, 4.69) is 45.0 Å². The van der Waals surface area contributed by atoms with E-state index in [0.717, 1.165) is 0 Å². The first-order valence-electron chi connectivity index (χ1n) is 5.74. The van der Waals surface area contributed by atoms with E-state index >= 15 is 0 Å². The van der Waals surface area contributed by atoms with Crippen LogP contribution in [0.25, 0.3) is 0 Å². The highest BCUT2D eigenvalue weighted by molar-refractivity contribution is 5.65. The SMILES string of the molecule is CC(=O)OC[C@@H](C)c1cccc(C(C)C)c1. The summed E-state index contributed by atoms with van der Waals surface area (Å²) < 4.78 is 5.02. The van der Waals surface area contributed by atoms with Crippen molar-refractivity contribution in [2.24, 2.45) is 0 Å². The number of hydrogen-bond donors (Lipinski definition) is 0. The van der Waals surface area contributed by atoms with Crippen LogP contribution in [-0.4, -0.2) is 12.6 Å². The van der Waals surface area contributed by atoms with Gasteiger partial charge in [-0.2, -0.15) is 0 Å². The van der Waals surface area contributed by atoms with Crippen LogP contribution in [0.2, 0.25) is 0 Å². The van der Waals surface area contributed by atoms with E-state index in [-0.39, 0.29) is 11.9 Å². The van der Waals surface area contributed by atoms with Gasteiger partial charge < -0.3 is 4.74 Å². The van der Waals surface area contributed by atoms with Crippen molar-refractivity contribution in [2.75, 3.05) is 6.61 Å². The van der Waals surface area contributed by atoms with Crippen LogP contribution < -0.4 is 0 Å². The first kappa shape index (κ1) is 12.8. The van der Waals surface area contributed by atoms with E-state index in [0.29, 0.717) is 12.5 Å². The third kappa shape index (κ3) is 3.69. The molecule has 1 rings (SSSR count). The quantitative estimate of drug-likeness (QED) is 0.726. The zero-order valence-electron chi connectivity index (χ0n) is 10.5. The number of benzene rings is 1. The summed E-state index contributed by atoms with van der Waals surface area (Å²) in [5.41, 5.74) is 2.56. The fourth-order valence-electron chi connectivity index (χ4n) is 1.56. The second kappa shape index (κ2) is 5.69. The molecule has 2 nitrogen and oxygen atoms in total. The summed E-state index contributed by atoms with van der Waals surface area (Å²) in [6.45, 7) is 8.32. The van der Waals surface area contributed by atoms with Gasteiger partial charge in [-0.25, -0.2) is 0 Å². The average Bonchev–Trinajstić information content (AvgIpc) is 2.26. The van der Waals surface area contributed by atoms with Gasteiger partial charge in [0.2, 0.25) is 0 Å². The van der Waals surface area contributed by atoms with Gasteiger partial charge in [-0.3, -0.25) is 4.79 Å². The molecule has 0 bridgehead atoms. The van der Waals surface area contributed by atoms with Crippen LogP contribution >= 0.6 is 0 Å². The molecule has 0 saturated carbocycles. The van der Waals surface area contributed by atoms with E-state index in [1.165, 1.54) is 18.1 Å². The molecule has 16 heavy (non-hydrogen) atoms. The summed E-state index contributed by atoms with van der Waals surface area (Å²) in [4.78, 5) is 10.7. The lowest BCUT2D eigenvalue weighted by Crippen LogP contribution is -2.08. The Balaban J connectivity index is 2.71. The van der Waals surface area contributed by atoms with Crippen molar-refractivity contribution in [1.29, 1.82) is 0 Å². The first-order chi connectivity index (χ1) is 7.50. The number of esters is 1. The van der Waals surface area contributed by atoms with Crippen LogP contribution in [0.3, 0.4) is 0 Å². The topological polar surface area (TPSA) is 26.3 Å². The summed E-state index contributed by atoms with van der Waals surface area (Å²) >= 11 is 0. The fourth-order valence-corrected chi connectivity index (χ4v) is 1.56. The molecule has 0 aliphatic carbocycles. The molecule has 0 saturated heterocycles. The van der Waals surface area contributed by atoms with E-state index in [4.69, 9.17) is 4.74 Å². The highest BCUT2D eigenvalue weighted by Crippen LogP contribution is 2.21. The minimum atomic E-state index is -0.216. The molecular weight excluding hydrogens is 200 g/mol. The Morgan fingerprint density at radius 2 is 1.88 bits per heavy atom. The number of rotatable bonds is 4. The van der Waals surface area contributed by atoms with Crippen molar-refractivity contribution in [1.82, 2.24) is 0 Å². The normalized spacial score (nSPS) is 12.6. The van der Waals surface area contributed by atoms with E-state index in [9.17, 15) is 4.79 Å². The van der Waals surface area contributed by atoms with Crippen molar-refractivity contribution in [2.45, 2.75) is 39.5 Å². The Hall–Kier alpha value is -1.31. The van der Waals surface area contributed by atoms with Crippen LogP contribution in [0, 0.1) is 0 Å². The molecule has 1 aromatic carbocycles. The fraction of sp³-hybridized carbons (Fsp3) is 0.500. The summed E-state index contributed by atoms with van der Waals surface area (Å²) in [5, 5.41) is 0. The second-order valence-electron chi connectivity index (χ2n) is 4.53. The molecular formula is C14H20O2. The van der Waals surface area contributed by atoms with Crippen LogP contribution in [-0.2, 0) is 9.53 Å². The molecule has 0 aliphatic heterocycles. The smallest absolute Gasteiger partial charge is 0.302 e. The molecule has 0 spiro atoms. The third-order valence-electron chi connectivity index (χ3n) is 2.68. The van der Waals surface area contributed by atoms with Crippen molar-refractivity contribution in [3.8, 4) is 0 Å². The molecule has 88 valence electrons. The predicted octanol–water partition coefficient (Wildman–Crippen LogP) is 3.48.